The molecule has 0 N–H and O–H groups in total. The number of fused-ring (bicyclic) bond motifs is 1. The van der Waals surface area contributed by atoms with E-state index in [9.17, 15) is 21.6 Å². The maximum absolute atomic E-state index is 13.3. The first-order chi connectivity index (χ1) is 14.6. The topological polar surface area (TPSA) is 59.0 Å². The van der Waals surface area contributed by atoms with Gasteiger partial charge in [-0.25, -0.2) is 8.42 Å². The molecule has 1 fully saturated rings. The minimum Gasteiger partial charge on any atom is -0.497 e. The van der Waals surface area contributed by atoms with Crippen LogP contribution < -0.4 is 9.64 Å². The summed E-state index contributed by atoms with van der Waals surface area (Å²) < 4.78 is 69.4. The first-order valence-electron chi connectivity index (χ1n) is 9.27. The summed E-state index contributed by atoms with van der Waals surface area (Å²) in [5.41, 5.74) is 0.228. The first kappa shape index (κ1) is 22.3. The number of rotatable bonds is 4. The molecule has 2 heterocycles. The highest BCUT2D eigenvalue weighted by Crippen LogP contribution is 2.41. The number of alkyl halides is 3. The van der Waals surface area contributed by atoms with Gasteiger partial charge >= 0.3 is 6.18 Å². The Kier molecular flexibility index (Phi) is 5.91. The van der Waals surface area contributed by atoms with Gasteiger partial charge in [0.25, 0.3) is 0 Å². The third-order valence-electron chi connectivity index (χ3n) is 5.17. The third kappa shape index (κ3) is 4.65. The number of nitrogens with zero attached hydrogens (tertiary/aromatic N) is 2. The molecule has 0 aromatic heterocycles. The number of halogens is 4. The number of amidine groups is 1. The molecule has 0 amide bonds. The lowest BCUT2D eigenvalue weighted by atomic mass is 10.1. The van der Waals surface area contributed by atoms with Crippen LogP contribution in [0.1, 0.15) is 11.1 Å². The number of methoxy groups -OCH3 is 1. The molecule has 1 saturated heterocycles. The van der Waals surface area contributed by atoms with E-state index in [0.29, 0.717) is 16.7 Å². The fourth-order valence-electron chi connectivity index (χ4n) is 3.66. The summed E-state index contributed by atoms with van der Waals surface area (Å²) in [4.78, 5) is 6.10. The van der Waals surface area contributed by atoms with Gasteiger partial charge in [-0.3, -0.25) is 4.99 Å². The van der Waals surface area contributed by atoms with Crippen LogP contribution in [0.5, 0.6) is 5.75 Å². The van der Waals surface area contributed by atoms with Crippen LogP contribution in [-0.4, -0.2) is 44.3 Å². The Morgan fingerprint density at radius 3 is 2.55 bits per heavy atom. The van der Waals surface area contributed by atoms with Gasteiger partial charge in [-0.15, -0.1) is 0 Å². The van der Waals surface area contributed by atoms with E-state index in [0.717, 1.165) is 17.7 Å². The van der Waals surface area contributed by atoms with Crippen molar-refractivity contribution in [2.75, 3.05) is 23.5 Å². The lowest BCUT2D eigenvalue weighted by Crippen LogP contribution is -2.39. The molecule has 166 valence electrons. The van der Waals surface area contributed by atoms with Crippen LogP contribution in [-0.2, 0) is 21.8 Å². The Morgan fingerprint density at radius 1 is 1.19 bits per heavy atom. The minimum atomic E-state index is -4.55. The van der Waals surface area contributed by atoms with Crippen molar-refractivity contribution in [3.8, 4) is 5.75 Å². The number of benzene rings is 2. The predicted octanol–water partition coefficient (Wildman–Crippen LogP) is 4.64. The molecular weight excluding hydrogens is 473 g/mol. The Labute approximate surface area is 187 Å². The smallest absolute Gasteiger partial charge is 0.416 e. The number of sulfone groups is 1. The number of hydrogen-bond acceptors (Lipinski definition) is 6. The Bertz CT molecular complexity index is 1120. The average molecular weight is 491 g/mol. The van der Waals surface area contributed by atoms with Gasteiger partial charge < -0.3 is 9.64 Å². The van der Waals surface area contributed by atoms with Gasteiger partial charge in [0.15, 0.2) is 15.0 Å². The van der Waals surface area contributed by atoms with Crippen molar-refractivity contribution in [3.05, 3.63) is 58.6 Å². The van der Waals surface area contributed by atoms with Crippen molar-refractivity contribution in [2.24, 2.45) is 4.99 Å². The standard InChI is InChI=1S/C20H18ClF3N2O3S2/c1-29-14-5-2-12(3-6-14)9-30-19-25-16-10-31(27,28)11-18(16)26(19)17-8-13(20(22,23)24)4-7-15(17)21/h2-8,16,18H,9-11H2,1H3/t16-,18-/m0/s1. The maximum atomic E-state index is 13.3. The van der Waals surface area contributed by atoms with E-state index < -0.39 is 33.7 Å². The Morgan fingerprint density at radius 2 is 1.90 bits per heavy atom. The van der Waals surface area contributed by atoms with Crippen molar-refractivity contribution in [3.63, 3.8) is 0 Å². The number of hydrogen-bond donors (Lipinski definition) is 0. The number of thioether (sulfide) groups is 1. The molecule has 0 bridgehead atoms. The van der Waals surface area contributed by atoms with Crippen molar-refractivity contribution in [2.45, 2.75) is 24.0 Å². The normalized spacial score (nSPS) is 22.4. The van der Waals surface area contributed by atoms with Crippen molar-refractivity contribution in [1.29, 1.82) is 0 Å². The summed E-state index contributed by atoms with van der Waals surface area (Å²) in [6.07, 6.45) is -4.55. The highest BCUT2D eigenvalue weighted by molar-refractivity contribution is 8.13. The first-order valence-corrected chi connectivity index (χ1v) is 12.5. The molecule has 2 aliphatic heterocycles. The summed E-state index contributed by atoms with van der Waals surface area (Å²) in [6, 6.07) is 9.33. The van der Waals surface area contributed by atoms with Crippen LogP contribution in [0.15, 0.2) is 47.5 Å². The van der Waals surface area contributed by atoms with Crippen LogP contribution >= 0.6 is 23.4 Å². The second-order valence-electron chi connectivity index (χ2n) is 7.29. The SMILES string of the molecule is COc1ccc(CSC2=N[C@H]3CS(=O)(=O)C[C@@H]3N2c2cc(C(F)(F)F)ccc2Cl)cc1. The molecule has 11 heteroatoms. The molecule has 2 aliphatic rings. The van der Waals surface area contributed by atoms with E-state index in [4.69, 9.17) is 16.3 Å². The fraction of sp³-hybridized carbons (Fsp3) is 0.350. The number of ether oxygens (including phenoxy) is 1. The van der Waals surface area contributed by atoms with Gasteiger partial charge in [-0.1, -0.05) is 35.5 Å². The highest BCUT2D eigenvalue weighted by atomic mass is 35.5. The van der Waals surface area contributed by atoms with E-state index in [1.807, 2.05) is 24.3 Å². The zero-order valence-electron chi connectivity index (χ0n) is 16.3. The van der Waals surface area contributed by atoms with E-state index >= 15 is 0 Å². The molecule has 4 rings (SSSR count). The maximum Gasteiger partial charge on any atom is 0.416 e. The van der Waals surface area contributed by atoms with Gasteiger partial charge in [0.1, 0.15) is 5.75 Å². The molecule has 0 unspecified atom stereocenters. The minimum absolute atomic E-state index is 0.107. The lowest BCUT2D eigenvalue weighted by molar-refractivity contribution is -0.137. The summed E-state index contributed by atoms with van der Waals surface area (Å²) >= 11 is 7.60. The Hall–Kier alpha value is -1.91. The van der Waals surface area contributed by atoms with Crippen LogP contribution in [0.2, 0.25) is 5.02 Å². The average Bonchev–Trinajstić information content (AvgIpc) is 3.17. The van der Waals surface area contributed by atoms with Crippen LogP contribution in [0, 0.1) is 0 Å². The lowest BCUT2D eigenvalue weighted by Gasteiger charge is -2.28. The molecule has 5 nitrogen and oxygen atoms in total. The van der Waals surface area contributed by atoms with Gasteiger partial charge in [0.05, 0.1) is 47.0 Å². The molecule has 2 aromatic carbocycles. The van der Waals surface area contributed by atoms with Crippen LogP contribution in [0.3, 0.4) is 0 Å². The summed E-state index contributed by atoms with van der Waals surface area (Å²) in [6.45, 7) is 0. The third-order valence-corrected chi connectivity index (χ3v) is 8.22. The fourth-order valence-corrected chi connectivity index (χ4v) is 6.78. The van der Waals surface area contributed by atoms with E-state index in [1.165, 1.54) is 17.8 Å². The summed E-state index contributed by atoms with van der Waals surface area (Å²) in [5.74, 6) is 0.906. The van der Waals surface area contributed by atoms with E-state index in [-0.39, 0.29) is 22.2 Å². The van der Waals surface area contributed by atoms with Crippen molar-refractivity contribution >= 4 is 44.1 Å². The largest absolute Gasteiger partial charge is 0.497 e. The van der Waals surface area contributed by atoms with Crippen molar-refractivity contribution in [1.82, 2.24) is 0 Å². The second kappa shape index (κ2) is 8.22. The van der Waals surface area contributed by atoms with E-state index in [2.05, 4.69) is 4.99 Å². The van der Waals surface area contributed by atoms with Gasteiger partial charge in [-0.2, -0.15) is 13.2 Å². The zero-order valence-corrected chi connectivity index (χ0v) is 18.7. The molecule has 0 saturated carbocycles. The van der Waals surface area contributed by atoms with Crippen molar-refractivity contribution < 1.29 is 26.3 Å². The second-order valence-corrected chi connectivity index (χ2v) is 10.8. The molecule has 0 aliphatic carbocycles. The molecule has 0 spiro atoms. The molecule has 2 atom stereocenters. The van der Waals surface area contributed by atoms with Gasteiger partial charge in [0, 0.05) is 5.75 Å². The van der Waals surface area contributed by atoms with Gasteiger partial charge in [0.2, 0.25) is 0 Å². The molecule has 0 radical (unpaired) electrons. The summed E-state index contributed by atoms with van der Waals surface area (Å²) in [5, 5.41) is 0.567. The van der Waals surface area contributed by atoms with Gasteiger partial charge in [-0.05, 0) is 35.9 Å². The van der Waals surface area contributed by atoms with Crippen LogP contribution in [0.25, 0.3) is 0 Å². The molecule has 2 aromatic rings. The number of aliphatic imine (C=N–C) groups is 1. The quantitative estimate of drug-likeness (QED) is 0.624. The molecule has 31 heavy (non-hydrogen) atoms. The number of anilines is 1. The molecular formula is C20H18ClF3N2O3S2. The van der Waals surface area contributed by atoms with Crippen LogP contribution in [0.4, 0.5) is 18.9 Å². The Balaban J connectivity index is 1.66. The summed E-state index contributed by atoms with van der Waals surface area (Å²) in [7, 11) is -1.76. The highest BCUT2D eigenvalue weighted by Gasteiger charge is 2.48. The van der Waals surface area contributed by atoms with E-state index in [1.54, 1.807) is 12.0 Å². The zero-order chi connectivity index (χ0) is 22.4. The predicted molar refractivity (Wildman–Crippen MR) is 117 cm³/mol. The monoisotopic (exact) mass is 490 g/mol.